The molecule has 0 aromatic heterocycles. The molecule has 2 aliphatic rings. The van der Waals surface area contributed by atoms with Crippen molar-refractivity contribution in [2.45, 2.75) is 46.0 Å². The van der Waals surface area contributed by atoms with Gasteiger partial charge in [0.05, 0.1) is 5.57 Å². The highest BCUT2D eigenvalue weighted by Gasteiger charge is 2.25. The molecule has 1 aliphatic heterocycles. The van der Waals surface area contributed by atoms with Crippen LogP contribution in [0, 0.1) is 0 Å². The molecule has 0 aromatic carbocycles. The Labute approximate surface area is 91.0 Å². The monoisotopic (exact) mass is 206 g/mol. The second kappa shape index (κ2) is 4.21. The van der Waals surface area contributed by atoms with Gasteiger partial charge in [0.2, 0.25) is 0 Å². The number of carbonyl (C=O) groups is 1. The Hall–Kier alpha value is -1.05. The molecular weight excluding hydrogens is 188 g/mol. The highest BCUT2D eigenvalue weighted by molar-refractivity contribution is 5.99. The number of Topliss-reactive ketones (excluding diaryl/α,β-unsaturated/α-hetero) is 1. The van der Waals surface area contributed by atoms with Crippen molar-refractivity contribution in [3.05, 3.63) is 22.5 Å². The maximum absolute atomic E-state index is 11.5. The van der Waals surface area contributed by atoms with Crippen LogP contribution < -0.4 is 0 Å². The summed E-state index contributed by atoms with van der Waals surface area (Å²) in [4.78, 5) is 11.5. The molecule has 82 valence electrons. The fraction of sp³-hybridized carbons (Fsp3) is 0.615. The lowest BCUT2D eigenvalue weighted by atomic mass is 9.88. The molecule has 1 saturated carbocycles. The summed E-state index contributed by atoms with van der Waals surface area (Å²) in [5.41, 5.74) is 3.51. The Kier molecular flexibility index (Phi) is 2.94. The third-order valence-electron chi connectivity index (χ3n) is 3.32. The normalized spacial score (nSPS) is 22.0. The molecule has 0 spiro atoms. The van der Waals surface area contributed by atoms with Gasteiger partial charge < -0.3 is 4.74 Å². The van der Waals surface area contributed by atoms with Crippen LogP contribution in [0.3, 0.4) is 0 Å². The second-order valence-electron chi connectivity index (χ2n) is 4.42. The van der Waals surface area contributed by atoms with Crippen LogP contribution in [-0.4, -0.2) is 12.4 Å². The van der Waals surface area contributed by atoms with E-state index < -0.39 is 0 Å². The minimum Gasteiger partial charge on any atom is -0.493 e. The molecule has 0 bridgehead atoms. The van der Waals surface area contributed by atoms with Crippen molar-refractivity contribution in [1.82, 2.24) is 0 Å². The van der Waals surface area contributed by atoms with Gasteiger partial charge in [-0.15, -0.1) is 0 Å². The zero-order valence-electron chi connectivity index (χ0n) is 9.56. The van der Waals surface area contributed by atoms with E-state index in [1.807, 2.05) is 6.92 Å². The van der Waals surface area contributed by atoms with Crippen LogP contribution in [0.1, 0.15) is 46.0 Å². The topological polar surface area (TPSA) is 26.3 Å². The van der Waals surface area contributed by atoms with Crippen molar-refractivity contribution in [1.29, 1.82) is 0 Å². The van der Waals surface area contributed by atoms with Crippen LogP contribution in [0.5, 0.6) is 0 Å². The summed E-state index contributed by atoms with van der Waals surface area (Å²) in [6.45, 7) is 4.15. The maximum Gasteiger partial charge on any atom is 0.163 e. The Balaban J connectivity index is 2.33. The van der Waals surface area contributed by atoms with Crippen molar-refractivity contribution >= 4 is 5.78 Å². The lowest BCUT2D eigenvalue weighted by Gasteiger charge is -2.16. The first-order chi connectivity index (χ1) is 7.20. The Morgan fingerprint density at radius 2 is 1.87 bits per heavy atom. The first kappa shape index (κ1) is 10.5. The number of allylic oxidation sites excluding steroid dienone is 2. The average molecular weight is 206 g/mol. The van der Waals surface area contributed by atoms with Crippen molar-refractivity contribution in [2.75, 3.05) is 6.61 Å². The standard InChI is InChI=1S/C13H18O2/c1-9(14)13-10(2)15-8-12(13)11-6-4-3-5-7-11/h3-8H2,1-2H3. The number of ketones is 1. The van der Waals surface area contributed by atoms with E-state index in [0.717, 1.165) is 24.2 Å². The predicted octanol–water partition coefficient (Wildman–Crippen LogP) is 3.14. The highest BCUT2D eigenvalue weighted by atomic mass is 16.5. The summed E-state index contributed by atoms with van der Waals surface area (Å²) >= 11 is 0. The number of carbonyl (C=O) groups excluding carboxylic acids is 1. The van der Waals surface area contributed by atoms with Crippen LogP contribution >= 0.6 is 0 Å². The van der Waals surface area contributed by atoms with Gasteiger partial charge in [-0.05, 0) is 39.5 Å². The fourth-order valence-corrected chi connectivity index (χ4v) is 2.56. The van der Waals surface area contributed by atoms with Crippen LogP contribution in [0.2, 0.25) is 0 Å². The molecule has 1 aliphatic carbocycles. The van der Waals surface area contributed by atoms with Gasteiger partial charge in [0.25, 0.3) is 0 Å². The SMILES string of the molecule is CC(=O)C1=C(C)OCC1=C1CCCCC1. The summed E-state index contributed by atoms with van der Waals surface area (Å²) < 4.78 is 5.49. The summed E-state index contributed by atoms with van der Waals surface area (Å²) in [5, 5.41) is 0. The molecule has 0 saturated heterocycles. The number of ether oxygens (including phenoxy) is 1. The van der Waals surface area contributed by atoms with Crippen LogP contribution in [0.25, 0.3) is 0 Å². The summed E-state index contributed by atoms with van der Waals surface area (Å²) in [6.07, 6.45) is 6.17. The van der Waals surface area contributed by atoms with Gasteiger partial charge in [0.15, 0.2) is 5.78 Å². The quantitative estimate of drug-likeness (QED) is 0.658. The molecule has 15 heavy (non-hydrogen) atoms. The van der Waals surface area contributed by atoms with E-state index in [9.17, 15) is 4.79 Å². The van der Waals surface area contributed by atoms with E-state index in [0.29, 0.717) is 6.61 Å². The Morgan fingerprint density at radius 3 is 2.47 bits per heavy atom. The third kappa shape index (κ3) is 1.99. The largest absolute Gasteiger partial charge is 0.493 e. The zero-order chi connectivity index (χ0) is 10.8. The van der Waals surface area contributed by atoms with Crippen molar-refractivity contribution in [3.63, 3.8) is 0 Å². The summed E-state index contributed by atoms with van der Waals surface area (Å²) in [6, 6.07) is 0. The van der Waals surface area contributed by atoms with E-state index in [1.165, 1.54) is 30.4 Å². The number of rotatable bonds is 1. The van der Waals surface area contributed by atoms with Crippen molar-refractivity contribution < 1.29 is 9.53 Å². The molecular formula is C13H18O2. The van der Waals surface area contributed by atoms with Gasteiger partial charge in [0.1, 0.15) is 12.4 Å². The van der Waals surface area contributed by atoms with E-state index in [2.05, 4.69) is 0 Å². The summed E-state index contributed by atoms with van der Waals surface area (Å²) in [5.74, 6) is 0.966. The molecule has 2 heteroatoms. The third-order valence-corrected chi connectivity index (χ3v) is 3.32. The molecule has 0 radical (unpaired) electrons. The lowest BCUT2D eigenvalue weighted by molar-refractivity contribution is -0.113. The Morgan fingerprint density at radius 1 is 1.20 bits per heavy atom. The molecule has 0 amide bonds. The highest BCUT2D eigenvalue weighted by Crippen LogP contribution is 2.34. The number of hydrogen-bond acceptors (Lipinski definition) is 2. The van der Waals surface area contributed by atoms with Gasteiger partial charge >= 0.3 is 0 Å². The fourth-order valence-electron chi connectivity index (χ4n) is 2.56. The average Bonchev–Trinajstić information content (AvgIpc) is 2.61. The Bertz CT molecular complexity index is 340. The van der Waals surface area contributed by atoms with Gasteiger partial charge in [-0.3, -0.25) is 4.79 Å². The molecule has 2 rings (SSSR count). The van der Waals surface area contributed by atoms with E-state index in [1.54, 1.807) is 6.92 Å². The minimum atomic E-state index is 0.151. The summed E-state index contributed by atoms with van der Waals surface area (Å²) in [7, 11) is 0. The smallest absolute Gasteiger partial charge is 0.163 e. The molecule has 2 nitrogen and oxygen atoms in total. The number of hydrogen-bond donors (Lipinski definition) is 0. The molecule has 0 aromatic rings. The lowest BCUT2D eigenvalue weighted by Crippen LogP contribution is -2.05. The van der Waals surface area contributed by atoms with E-state index in [-0.39, 0.29) is 5.78 Å². The van der Waals surface area contributed by atoms with E-state index >= 15 is 0 Å². The van der Waals surface area contributed by atoms with Gasteiger partial charge in [-0.2, -0.15) is 0 Å². The zero-order valence-corrected chi connectivity index (χ0v) is 9.56. The second-order valence-corrected chi connectivity index (χ2v) is 4.42. The van der Waals surface area contributed by atoms with Crippen LogP contribution in [-0.2, 0) is 9.53 Å². The first-order valence-electron chi connectivity index (χ1n) is 5.76. The molecule has 1 heterocycles. The van der Waals surface area contributed by atoms with E-state index in [4.69, 9.17) is 4.74 Å². The molecule has 0 unspecified atom stereocenters. The first-order valence-corrected chi connectivity index (χ1v) is 5.76. The van der Waals surface area contributed by atoms with Crippen LogP contribution in [0.15, 0.2) is 22.5 Å². The maximum atomic E-state index is 11.5. The predicted molar refractivity (Wildman–Crippen MR) is 59.4 cm³/mol. The molecule has 0 atom stereocenters. The molecule has 0 N–H and O–H groups in total. The van der Waals surface area contributed by atoms with Crippen molar-refractivity contribution in [3.8, 4) is 0 Å². The molecule has 1 fully saturated rings. The van der Waals surface area contributed by atoms with Crippen molar-refractivity contribution in [2.24, 2.45) is 0 Å². The van der Waals surface area contributed by atoms with Gasteiger partial charge in [-0.1, -0.05) is 12.0 Å². The minimum absolute atomic E-state index is 0.151. The van der Waals surface area contributed by atoms with Crippen LogP contribution in [0.4, 0.5) is 0 Å². The van der Waals surface area contributed by atoms with Gasteiger partial charge in [-0.25, -0.2) is 0 Å². The van der Waals surface area contributed by atoms with Gasteiger partial charge in [0, 0.05) is 5.57 Å².